The summed E-state index contributed by atoms with van der Waals surface area (Å²) in [6.07, 6.45) is 2.32. The summed E-state index contributed by atoms with van der Waals surface area (Å²) in [5.41, 5.74) is 2.69. The van der Waals surface area contributed by atoms with Gasteiger partial charge in [-0.15, -0.1) is 0 Å². The molecule has 7 heteroatoms. The number of carbonyl (C=O) groups is 2. The number of thioether (sulfide) groups is 1. The standard InChI is InChI=1S/C26H22ClNO4S/c1-31-23-15-19(11-12-22(23)32-17-20-9-5-6-10-21(20)27)16-24-25(29)28(26(30)33-24)14-13-18-7-3-2-4-8-18/h2-12,15-16H,13-14,17H2,1H3/b24-16-. The molecule has 0 radical (unpaired) electrons. The fourth-order valence-electron chi connectivity index (χ4n) is 3.39. The molecule has 0 atom stereocenters. The van der Waals surface area contributed by atoms with Gasteiger partial charge in [-0.2, -0.15) is 0 Å². The molecule has 1 aliphatic heterocycles. The molecule has 1 fully saturated rings. The zero-order valence-electron chi connectivity index (χ0n) is 18.0. The molecule has 0 unspecified atom stereocenters. The Morgan fingerprint density at radius 3 is 2.48 bits per heavy atom. The van der Waals surface area contributed by atoms with E-state index in [1.165, 1.54) is 4.90 Å². The van der Waals surface area contributed by atoms with Crippen molar-refractivity contribution < 1.29 is 19.1 Å². The first-order valence-electron chi connectivity index (χ1n) is 10.4. The molecule has 1 heterocycles. The number of rotatable bonds is 8. The molecule has 1 saturated heterocycles. The molecular formula is C26H22ClNO4S. The number of benzene rings is 3. The van der Waals surface area contributed by atoms with Crippen LogP contribution < -0.4 is 9.47 Å². The molecule has 0 saturated carbocycles. The van der Waals surface area contributed by atoms with E-state index >= 15 is 0 Å². The third kappa shape index (κ3) is 5.59. The van der Waals surface area contributed by atoms with Gasteiger partial charge in [0.05, 0.1) is 12.0 Å². The van der Waals surface area contributed by atoms with Crippen molar-refractivity contribution in [2.24, 2.45) is 0 Å². The van der Waals surface area contributed by atoms with Crippen molar-refractivity contribution in [3.63, 3.8) is 0 Å². The van der Waals surface area contributed by atoms with Crippen LogP contribution in [-0.4, -0.2) is 29.7 Å². The number of ether oxygens (including phenoxy) is 2. The number of imide groups is 1. The van der Waals surface area contributed by atoms with Crippen LogP contribution in [0.2, 0.25) is 5.02 Å². The maximum absolute atomic E-state index is 12.8. The van der Waals surface area contributed by atoms with Gasteiger partial charge in [-0.1, -0.05) is 66.2 Å². The minimum absolute atomic E-state index is 0.256. The Morgan fingerprint density at radius 1 is 0.970 bits per heavy atom. The number of methoxy groups -OCH3 is 1. The van der Waals surface area contributed by atoms with Gasteiger partial charge in [0.1, 0.15) is 6.61 Å². The lowest BCUT2D eigenvalue weighted by molar-refractivity contribution is -0.122. The zero-order chi connectivity index (χ0) is 23.2. The smallest absolute Gasteiger partial charge is 0.293 e. The third-order valence-corrected chi connectivity index (χ3v) is 6.44. The molecular weight excluding hydrogens is 458 g/mol. The summed E-state index contributed by atoms with van der Waals surface area (Å²) in [4.78, 5) is 26.9. The first kappa shape index (κ1) is 23.0. The molecule has 0 N–H and O–H groups in total. The molecule has 0 aromatic heterocycles. The molecule has 4 rings (SSSR count). The SMILES string of the molecule is COc1cc(/C=C2\SC(=O)N(CCc3ccccc3)C2=O)ccc1OCc1ccccc1Cl. The van der Waals surface area contributed by atoms with Gasteiger partial charge in [-0.05, 0) is 53.6 Å². The molecule has 168 valence electrons. The number of hydrogen-bond donors (Lipinski definition) is 0. The van der Waals surface area contributed by atoms with Crippen molar-refractivity contribution in [3.8, 4) is 11.5 Å². The van der Waals surface area contributed by atoms with E-state index in [9.17, 15) is 9.59 Å². The van der Waals surface area contributed by atoms with Crippen molar-refractivity contribution >= 4 is 40.6 Å². The first-order valence-corrected chi connectivity index (χ1v) is 11.6. The summed E-state index contributed by atoms with van der Waals surface area (Å²) in [5.74, 6) is 0.809. The molecule has 3 aromatic carbocycles. The van der Waals surface area contributed by atoms with E-state index in [2.05, 4.69) is 0 Å². The number of amides is 2. The van der Waals surface area contributed by atoms with Crippen LogP contribution in [0.25, 0.3) is 6.08 Å². The van der Waals surface area contributed by atoms with Crippen molar-refractivity contribution in [3.05, 3.63) is 99.4 Å². The van der Waals surface area contributed by atoms with E-state index in [4.69, 9.17) is 21.1 Å². The fraction of sp³-hybridized carbons (Fsp3) is 0.154. The second kappa shape index (κ2) is 10.6. The van der Waals surface area contributed by atoms with Gasteiger partial charge in [0.25, 0.3) is 11.1 Å². The van der Waals surface area contributed by atoms with Crippen LogP contribution in [0.15, 0.2) is 77.7 Å². The predicted octanol–water partition coefficient (Wildman–Crippen LogP) is 6.21. The predicted molar refractivity (Wildman–Crippen MR) is 132 cm³/mol. The maximum Gasteiger partial charge on any atom is 0.293 e. The van der Waals surface area contributed by atoms with Crippen molar-refractivity contribution in [1.82, 2.24) is 4.90 Å². The Labute approximate surface area is 202 Å². The largest absolute Gasteiger partial charge is 0.493 e. The Balaban J connectivity index is 1.45. The van der Waals surface area contributed by atoms with E-state index in [1.54, 1.807) is 25.3 Å². The number of hydrogen-bond acceptors (Lipinski definition) is 5. The normalized spacial score (nSPS) is 14.7. The van der Waals surface area contributed by atoms with Gasteiger partial charge >= 0.3 is 0 Å². The Kier molecular flexibility index (Phi) is 7.37. The van der Waals surface area contributed by atoms with Gasteiger partial charge < -0.3 is 9.47 Å². The van der Waals surface area contributed by atoms with Crippen LogP contribution in [0.3, 0.4) is 0 Å². The highest BCUT2D eigenvalue weighted by molar-refractivity contribution is 8.18. The lowest BCUT2D eigenvalue weighted by Gasteiger charge is -2.13. The van der Waals surface area contributed by atoms with Gasteiger partial charge in [-0.25, -0.2) is 0 Å². The Hall–Kier alpha value is -3.22. The average Bonchev–Trinajstić information content (AvgIpc) is 3.10. The number of nitrogens with zero attached hydrogens (tertiary/aromatic N) is 1. The second-order valence-corrected chi connectivity index (χ2v) is 8.76. The summed E-state index contributed by atoms with van der Waals surface area (Å²) < 4.78 is 11.4. The second-order valence-electron chi connectivity index (χ2n) is 7.36. The monoisotopic (exact) mass is 479 g/mol. The summed E-state index contributed by atoms with van der Waals surface area (Å²) in [6, 6.07) is 22.6. The average molecular weight is 480 g/mol. The fourth-order valence-corrected chi connectivity index (χ4v) is 4.45. The third-order valence-electron chi connectivity index (χ3n) is 5.17. The van der Waals surface area contributed by atoms with Crippen LogP contribution in [0.1, 0.15) is 16.7 Å². The number of halogens is 1. The van der Waals surface area contributed by atoms with E-state index in [1.807, 2.05) is 60.7 Å². The highest BCUT2D eigenvalue weighted by Gasteiger charge is 2.34. The minimum Gasteiger partial charge on any atom is -0.493 e. The highest BCUT2D eigenvalue weighted by Crippen LogP contribution is 2.35. The van der Waals surface area contributed by atoms with Crippen LogP contribution in [0.4, 0.5) is 4.79 Å². The van der Waals surface area contributed by atoms with Crippen LogP contribution >= 0.6 is 23.4 Å². The summed E-state index contributed by atoms with van der Waals surface area (Å²) in [5, 5.41) is 0.380. The van der Waals surface area contributed by atoms with Gasteiger partial charge in [-0.3, -0.25) is 14.5 Å². The van der Waals surface area contributed by atoms with Crippen molar-refractivity contribution in [1.29, 1.82) is 0 Å². The molecule has 0 bridgehead atoms. The van der Waals surface area contributed by atoms with Gasteiger partial charge in [0.2, 0.25) is 0 Å². The highest BCUT2D eigenvalue weighted by atomic mass is 35.5. The quantitative estimate of drug-likeness (QED) is 0.360. The molecule has 5 nitrogen and oxygen atoms in total. The van der Waals surface area contributed by atoms with Gasteiger partial charge in [0.15, 0.2) is 11.5 Å². The molecule has 33 heavy (non-hydrogen) atoms. The molecule has 3 aromatic rings. The number of carbonyl (C=O) groups excluding carboxylic acids is 2. The Morgan fingerprint density at radius 2 is 1.73 bits per heavy atom. The van der Waals surface area contributed by atoms with E-state index in [0.29, 0.717) is 41.0 Å². The lowest BCUT2D eigenvalue weighted by atomic mass is 10.1. The molecule has 0 spiro atoms. The van der Waals surface area contributed by atoms with Crippen LogP contribution in [-0.2, 0) is 17.8 Å². The summed E-state index contributed by atoms with van der Waals surface area (Å²) >= 11 is 7.14. The molecule has 1 aliphatic rings. The molecule has 2 amide bonds. The Bertz CT molecular complexity index is 1200. The first-order chi connectivity index (χ1) is 16.0. The van der Waals surface area contributed by atoms with Crippen molar-refractivity contribution in [2.75, 3.05) is 13.7 Å². The van der Waals surface area contributed by atoms with E-state index in [-0.39, 0.29) is 11.1 Å². The topological polar surface area (TPSA) is 55.8 Å². The van der Waals surface area contributed by atoms with E-state index < -0.39 is 0 Å². The van der Waals surface area contributed by atoms with E-state index in [0.717, 1.165) is 28.5 Å². The summed E-state index contributed by atoms with van der Waals surface area (Å²) in [7, 11) is 1.55. The zero-order valence-corrected chi connectivity index (χ0v) is 19.6. The molecule has 0 aliphatic carbocycles. The summed E-state index contributed by atoms with van der Waals surface area (Å²) in [6.45, 7) is 0.653. The minimum atomic E-state index is -0.279. The van der Waals surface area contributed by atoms with Gasteiger partial charge in [0, 0.05) is 17.1 Å². The maximum atomic E-state index is 12.8. The van der Waals surface area contributed by atoms with Crippen LogP contribution in [0, 0.1) is 0 Å². The lowest BCUT2D eigenvalue weighted by Crippen LogP contribution is -2.30. The van der Waals surface area contributed by atoms with Crippen LogP contribution in [0.5, 0.6) is 11.5 Å². The van der Waals surface area contributed by atoms with Crippen molar-refractivity contribution in [2.45, 2.75) is 13.0 Å².